The third-order valence-electron chi connectivity index (χ3n) is 19.3. The highest BCUT2D eigenvalue weighted by molar-refractivity contribution is 5.98. The van der Waals surface area contributed by atoms with Crippen LogP contribution in [0, 0.1) is 16.7 Å². The highest BCUT2D eigenvalue weighted by atomic mass is 16.6. The number of likely N-dealkylation sites (N-methyl/N-ethyl adjacent to an activating group) is 1. The molecule has 7 rings (SSSR count). The van der Waals surface area contributed by atoms with E-state index in [1.807, 2.05) is 0 Å². The normalized spacial score (nSPS) is 25.6. The van der Waals surface area contributed by atoms with Crippen LogP contribution in [0.5, 0.6) is 0 Å². The first kappa shape index (κ1) is 75.7. The van der Waals surface area contributed by atoms with E-state index in [0.29, 0.717) is 50.6 Å². The summed E-state index contributed by atoms with van der Waals surface area (Å²) in [5.41, 5.74) is 3.18. The smallest absolute Gasteiger partial charge is 0.408 e. The lowest BCUT2D eigenvalue weighted by Crippen LogP contribution is -2.82. The van der Waals surface area contributed by atoms with Gasteiger partial charge in [0.05, 0.1) is 48.1 Å². The Hall–Kier alpha value is -8.67. The molecule has 3 aromatic rings. The number of aliphatic hydroxyl groups is 3. The number of hydrogen-bond donors (Lipinski definition) is 12. The second-order valence-corrected chi connectivity index (χ2v) is 26.1. The number of fused-ring (bicyclic) bond motifs is 5. The van der Waals surface area contributed by atoms with Crippen molar-refractivity contribution in [2.45, 2.75) is 191 Å². The van der Waals surface area contributed by atoms with E-state index in [0.717, 1.165) is 6.92 Å². The summed E-state index contributed by atoms with van der Waals surface area (Å²) in [7, 11) is 1.56. The number of amides is 7. The fourth-order valence-corrected chi connectivity index (χ4v) is 13.6. The zero-order valence-corrected chi connectivity index (χ0v) is 56.0. The van der Waals surface area contributed by atoms with Crippen molar-refractivity contribution in [3.05, 3.63) is 119 Å². The molecule has 7 amide bonds. The summed E-state index contributed by atoms with van der Waals surface area (Å²) < 4.78 is 31.1. The maximum atomic E-state index is 16.2. The van der Waals surface area contributed by atoms with Crippen LogP contribution in [-0.2, 0) is 62.0 Å². The molecule has 28 heteroatoms. The number of ketones is 1. The van der Waals surface area contributed by atoms with E-state index in [9.17, 15) is 63.3 Å². The molecule has 28 nitrogen and oxygen atoms in total. The molecule has 3 aromatic carbocycles. The van der Waals surface area contributed by atoms with Crippen molar-refractivity contribution in [2.75, 3.05) is 33.3 Å². The molecule has 15 atom stereocenters. The average molecular weight is 1350 g/mol. The molecular weight excluding hydrogens is 1260 g/mol. The van der Waals surface area contributed by atoms with Crippen molar-refractivity contribution < 1.29 is 91.7 Å². The molecule has 0 radical (unpaired) electrons. The third-order valence-corrected chi connectivity index (χ3v) is 19.3. The number of unbranched alkanes of at least 4 members (excludes halogenated alkanes) is 4. The molecular formula is C69H93N9O19. The minimum Gasteiger partial charge on any atom is -0.456 e. The van der Waals surface area contributed by atoms with Gasteiger partial charge in [0, 0.05) is 43.8 Å². The van der Waals surface area contributed by atoms with E-state index in [2.05, 4.69) is 37.2 Å². The first-order valence-corrected chi connectivity index (χ1v) is 32.8. The lowest BCUT2D eigenvalue weighted by atomic mass is 9.44. The monoisotopic (exact) mass is 1350 g/mol. The maximum Gasteiger partial charge on any atom is 0.408 e. The maximum absolute atomic E-state index is 16.2. The number of benzene rings is 3. The van der Waals surface area contributed by atoms with Crippen LogP contribution in [0.2, 0.25) is 0 Å². The summed E-state index contributed by atoms with van der Waals surface area (Å²) in [5, 5.41) is 57.2. The van der Waals surface area contributed by atoms with Crippen molar-refractivity contribution in [3.63, 3.8) is 0 Å². The van der Waals surface area contributed by atoms with Gasteiger partial charge in [-0.25, -0.2) is 14.4 Å². The van der Waals surface area contributed by atoms with Gasteiger partial charge in [-0.1, -0.05) is 93.4 Å². The summed E-state index contributed by atoms with van der Waals surface area (Å²) in [6.45, 7) is 10.0. The summed E-state index contributed by atoms with van der Waals surface area (Å²) >= 11 is 0. The average Bonchev–Trinajstić information content (AvgIpc) is 0.670. The highest BCUT2D eigenvalue weighted by Crippen LogP contribution is 2.64. The van der Waals surface area contributed by atoms with Gasteiger partial charge in [0.1, 0.15) is 42.0 Å². The van der Waals surface area contributed by atoms with Crippen molar-refractivity contribution in [1.82, 2.24) is 37.2 Å². The van der Waals surface area contributed by atoms with Crippen molar-refractivity contribution in [1.29, 1.82) is 0 Å². The number of rotatable bonds is 31. The zero-order chi connectivity index (χ0) is 71.2. The number of aliphatic hydroxyl groups excluding tert-OH is 2. The Bertz CT molecular complexity index is 3380. The first-order chi connectivity index (χ1) is 46.0. The van der Waals surface area contributed by atoms with Gasteiger partial charge in [-0.15, -0.1) is 0 Å². The van der Waals surface area contributed by atoms with E-state index in [4.69, 9.17) is 35.2 Å². The van der Waals surface area contributed by atoms with Gasteiger partial charge in [0.15, 0.2) is 23.6 Å². The fourth-order valence-electron chi connectivity index (χ4n) is 13.6. The van der Waals surface area contributed by atoms with E-state index in [-0.39, 0.29) is 48.2 Å². The fraction of sp³-hybridized carbons (Fsp3) is 0.551. The van der Waals surface area contributed by atoms with E-state index >= 15 is 4.79 Å². The van der Waals surface area contributed by atoms with Gasteiger partial charge in [0.25, 0.3) is 5.91 Å². The minimum atomic E-state index is -2.53. The number of nitrogens with two attached hydrogens (primary N) is 2. The predicted octanol–water partition coefficient (Wildman–Crippen LogP) is 1.66. The van der Waals surface area contributed by atoms with E-state index in [1.54, 1.807) is 92.8 Å². The number of esters is 3. The number of primary amides is 1. The number of alkyl carbamates (subject to hydrolysis) is 1. The van der Waals surface area contributed by atoms with E-state index in [1.165, 1.54) is 46.8 Å². The zero-order valence-electron chi connectivity index (χ0n) is 56.0. The molecule has 1 aliphatic heterocycles. The lowest BCUT2D eigenvalue weighted by Gasteiger charge is -2.67. The molecule has 4 unspecified atom stereocenters. The molecule has 0 spiro atoms. The molecule has 3 fully saturated rings. The van der Waals surface area contributed by atoms with Gasteiger partial charge < -0.3 is 87.7 Å². The van der Waals surface area contributed by atoms with Crippen LogP contribution in [0.25, 0.3) is 0 Å². The van der Waals surface area contributed by atoms with Crippen molar-refractivity contribution in [3.8, 4) is 0 Å². The van der Waals surface area contributed by atoms with Crippen LogP contribution in [-0.4, -0.2) is 186 Å². The number of carbonyl (C=O) groups is 11. The summed E-state index contributed by atoms with van der Waals surface area (Å²) in [6.07, 6.45) is -10.3. The molecule has 528 valence electrons. The SMILES string of the molecule is CNC(C)C(=O)NC(C)C(=O)NC(CC(N)=O)C(=O)NC(CCCCN)C(=O)NCCCCCCNC(=O)O[C@H]1C(=O)[C@@]2(C)[C@H]([C@H](OC(=O)c3ccccc3)[C@]3(O)C[C@H](OC(=O)[C@H](O)[C@@H](NC(=O)c4ccccc4)c4ccccc4)C(C)=C1C3(C)C)[C@]1(OC(C)=O)CO[C@@H]1C[C@@H]2O. The van der Waals surface area contributed by atoms with Crippen LogP contribution >= 0.6 is 0 Å². The van der Waals surface area contributed by atoms with Gasteiger partial charge in [-0.05, 0) is 114 Å². The van der Waals surface area contributed by atoms with Crippen LogP contribution < -0.4 is 48.7 Å². The minimum absolute atomic E-state index is 0.0119. The molecule has 2 bridgehead atoms. The standard InChI is InChI=1S/C69H93N9O19/c1-38-47(94-64(90)53(82)52(42-24-14-11-15-25-42)78-60(86)43-26-16-12-17-27-43)36-69(92)57(96-63(89)44-28-18-13-19-29-44)55-67(7,48(80)35-49-68(55,37-93-49)97-41(4)79)56(83)54(51(38)66(69,5)6)95-65(91)74-33-23-10-9-22-32-73-61(87)45(30-20-21-31-70)76-62(88)46(34-50(71)81)77-59(85)40(3)75-58(84)39(2)72-8/h11-19,24-29,39-40,45-49,52-55,57,72,80,82,92H,9-10,20-23,30-37,70H2,1-8H3,(H2,71,81)(H,73,87)(H,74,91)(H,75,84)(H,76,88)(H,77,85)(H,78,86)/t39?,40?,45?,46?,47-,48-,49+,52-,53+,54+,55-,57-,67+,68-,69+/m0/s1. The van der Waals surface area contributed by atoms with Crippen LogP contribution in [0.1, 0.15) is 145 Å². The Balaban J connectivity index is 1.12. The molecule has 4 aliphatic rings. The second kappa shape index (κ2) is 33.1. The molecule has 3 aliphatic carbocycles. The number of ether oxygens (including phenoxy) is 5. The molecule has 2 saturated carbocycles. The Labute approximate surface area is 563 Å². The van der Waals surface area contributed by atoms with Crippen molar-refractivity contribution >= 4 is 65.2 Å². The molecule has 97 heavy (non-hydrogen) atoms. The van der Waals surface area contributed by atoms with E-state index < -0.39 is 179 Å². The van der Waals surface area contributed by atoms with Crippen LogP contribution in [0.4, 0.5) is 4.79 Å². The number of hydrogen-bond acceptors (Lipinski definition) is 21. The molecule has 1 saturated heterocycles. The largest absolute Gasteiger partial charge is 0.456 e. The summed E-state index contributed by atoms with van der Waals surface area (Å²) in [4.78, 5) is 152. The van der Waals surface area contributed by atoms with Gasteiger partial charge in [0.2, 0.25) is 29.5 Å². The summed E-state index contributed by atoms with van der Waals surface area (Å²) in [6, 6.07) is 18.2. The molecule has 0 aromatic heterocycles. The number of carbonyl (C=O) groups excluding carboxylic acids is 11. The van der Waals surface area contributed by atoms with Gasteiger partial charge in [-0.3, -0.25) is 38.4 Å². The highest BCUT2D eigenvalue weighted by Gasteiger charge is 2.78. The van der Waals surface area contributed by atoms with Gasteiger partial charge in [-0.2, -0.15) is 0 Å². The first-order valence-electron chi connectivity index (χ1n) is 32.8. The van der Waals surface area contributed by atoms with Crippen molar-refractivity contribution in [2.24, 2.45) is 28.2 Å². The summed E-state index contributed by atoms with van der Waals surface area (Å²) in [5.74, 6) is -10.0. The lowest BCUT2D eigenvalue weighted by molar-refractivity contribution is -0.345. The topological polar surface area (TPSA) is 431 Å². The Morgan fingerprint density at radius 3 is 1.88 bits per heavy atom. The second-order valence-electron chi connectivity index (χ2n) is 26.1. The Kier molecular flexibility index (Phi) is 25.8. The number of Topliss-reactive ketones (excluding diaryl/α,β-unsaturated/α-hetero) is 1. The third kappa shape index (κ3) is 17.2. The van der Waals surface area contributed by atoms with Crippen LogP contribution in [0.3, 0.4) is 0 Å². The number of nitrogens with one attached hydrogen (secondary N) is 7. The molecule has 1 heterocycles. The Morgan fingerprint density at radius 1 is 0.711 bits per heavy atom. The molecule has 14 N–H and O–H groups in total. The van der Waals surface area contributed by atoms with Gasteiger partial charge >= 0.3 is 24.0 Å². The Morgan fingerprint density at radius 2 is 1.30 bits per heavy atom. The van der Waals surface area contributed by atoms with Crippen LogP contribution in [0.15, 0.2) is 102 Å². The quantitative estimate of drug-likeness (QED) is 0.0189. The predicted molar refractivity (Wildman–Crippen MR) is 349 cm³/mol.